The molecule has 20 heavy (non-hydrogen) atoms. The fourth-order valence-electron chi connectivity index (χ4n) is 4.21. The molecule has 0 radical (unpaired) electrons. The minimum absolute atomic E-state index is 0.00835. The maximum absolute atomic E-state index is 10.9. The highest BCUT2D eigenvalue weighted by Crippen LogP contribution is 2.55. The van der Waals surface area contributed by atoms with E-state index in [1.807, 2.05) is 32.9 Å². The van der Waals surface area contributed by atoms with Crippen LogP contribution in [0, 0.1) is 23.7 Å². The maximum atomic E-state index is 10.9. The van der Waals surface area contributed by atoms with Crippen LogP contribution < -0.4 is 0 Å². The van der Waals surface area contributed by atoms with Gasteiger partial charge in [0.25, 0.3) is 0 Å². The third-order valence-electron chi connectivity index (χ3n) is 5.82. The molecule has 5 heteroatoms. The van der Waals surface area contributed by atoms with Gasteiger partial charge in [-0.2, -0.15) is 0 Å². The van der Waals surface area contributed by atoms with Crippen LogP contribution in [0.3, 0.4) is 0 Å². The monoisotopic (exact) mass is 284 g/mol. The molecular formula is C15H24O5. The number of rotatable bonds is 2. The van der Waals surface area contributed by atoms with E-state index in [0.717, 1.165) is 0 Å². The highest BCUT2D eigenvalue weighted by atomic mass is 17.2. The van der Waals surface area contributed by atoms with Gasteiger partial charge >= 0.3 is 0 Å². The third kappa shape index (κ3) is 1.67. The molecule has 0 aromatic heterocycles. The summed E-state index contributed by atoms with van der Waals surface area (Å²) in [5.41, 5.74) is -1.67. The van der Waals surface area contributed by atoms with Gasteiger partial charge < -0.3 is 15.3 Å². The number of aliphatic hydroxyl groups is 3. The van der Waals surface area contributed by atoms with Crippen LogP contribution in [0.2, 0.25) is 0 Å². The Hall–Kier alpha value is -0.460. The Morgan fingerprint density at radius 1 is 1.30 bits per heavy atom. The molecule has 1 saturated heterocycles. The van der Waals surface area contributed by atoms with Crippen LogP contribution in [0.5, 0.6) is 0 Å². The topological polar surface area (TPSA) is 79.2 Å². The second-order valence-electron chi connectivity index (χ2n) is 6.91. The molecule has 0 aromatic carbocycles. The van der Waals surface area contributed by atoms with Gasteiger partial charge in [-0.15, -0.1) is 0 Å². The number of hydrogen-bond donors (Lipinski definition) is 3. The van der Waals surface area contributed by atoms with Crippen molar-refractivity contribution in [2.75, 3.05) is 6.61 Å². The van der Waals surface area contributed by atoms with Crippen LogP contribution in [0.15, 0.2) is 12.2 Å². The van der Waals surface area contributed by atoms with E-state index >= 15 is 0 Å². The maximum Gasteiger partial charge on any atom is 0.152 e. The first-order chi connectivity index (χ1) is 9.35. The second kappa shape index (κ2) is 4.52. The first-order valence-corrected chi connectivity index (χ1v) is 7.40. The van der Waals surface area contributed by atoms with Crippen molar-refractivity contribution < 1.29 is 25.1 Å². The highest BCUT2D eigenvalue weighted by Gasteiger charge is 2.63. The van der Waals surface area contributed by atoms with Gasteiger partial charge in [0.2, 0.25) is 0 Å². The zero-order chi connectivity index (χ0) is 14.7. The molecule has 2 bridgehead atoms. The van der Waals surface area contributed by atoms with Crippen molar-refractivity contribution >= 4 is 0 Å². The first kappa shape index (κ1) is 14.5. The molecule has 4 aliphatic rings. The van der Waals surface area contributed by atoms with Crippen molar-refractivity contribution in [1.82, 2.24) is 0 Å². The second-order valence-corrected chi connectivity index (χ2v) is 6.91. The zero-order valence-corrected chi connectivity index (χ0v) is 12.2. The summed E-state index contributed by atoms with van der Waals surface area (Å²) in [6, 6.07) is 0. The summed E-state index contributed by atoms with van der Waals surface area (Å²) in [4.78, 5) is 11.2. The van der Waals surface area contributed by atoms with Crippen molar-refractivity contribution in [3.63, 3.8) is 0 Å². The Kier molecular flexibility index (Phi) is 3.27. The van der Waals surface area contributed by atoms with E-state index in [9.17, 15) is 15.3 Å². The zero-order valence-electron chi connectivity index (χ0n) is 12.2. The summed E-state index contributed by atoms with van der Waals surface area (Å²) in [5.74, 6) is -0.415. The summed E-state index contributed by atoms with van der Waals surface area (Å²) >= 11 is 0. The van der Waals surface area contributed by atoms with Crippen molar-refractivity contribution in [3.05, 3.63) is 12.2 Å². The molecular weight excluding hydrogens is 260 g/mol. The summed E-state index contributed by atoms with van der Waals surface area (Å²) in [7, 11) is 0. The van der Waals surface area contributed by atoms with Gasteiger partial charge in [0.15, 0.2) is 5.60 Å². The number of fused-ring (bicyclic) bond motifs is 1. The van der Waals surface area contributed by atoms with Crippen molar-refractivity contribution in [2.45, 2.75) is 50.6 Å². The van der Waals surface area contributed by atoms with E-state index in [0.29, 0.717) is 6.42 Å². The summed E-state index contributed by atoms with van der Waals surface area (Å²) in [5, 5.41) is 30.6. The van der Waals surface area contributed by atoms with Gasteiger partial charge in [0.1, 0.15) is 5.60 Å². The normalized spacial score (nSPS) is 55.6. The largest absolute Gasteiger partial charge is 0.396 e. The van der Waals surface area contributed by atoms with Crippen LogP contribution >= 0.6 is 0 Å². The Bertz CT molecular complexity index is 424. The Labute approximate surface area is 119 Å². The molecule has 1 saturated carbocycles. The fourth-order valence-corrected chi connectivity index (χ4v) is 4.21. The molecule has 5 nitrogen and oxygen atoms in total. The van der Waals surface area contributed by atoms with E-state index in [1.165, 1.54) is 0 Å². The first-order valence-electron chi connectivity index (χ1n) is 7.40. The molecule has 0 amide bonds. The van der Waals surface area contributed by atoms with Gasteiger partial charge in [-0.3, -0.25) is 0 Å². The van der Waals surface area contributed by atoms with E-state index in [-0.39, 0.29) is 30.3 Å². The van der Waals surface area contributed by atoms with Gasteiger partial charge in [0, 0.05) is 18.4 Å². The van der Waals surface area contributed by atoms with Gasteiger partial charge in [-0.05, 0) is 31.3 Å². The van der Waals surface area contributed by atoms with Crippen molar-refractivity contribution in [2.24, 2.45) is 23.7 Å². The number of hydrogen-bond acceptors (Lipinski definition) is 5. The SMILES string of the molecule is C[C@@H]1[C@H]2[C@@H](O)[C@@]3([C@@H](C)CO)C=C[C@](C)(OO3)[C@H]2C[C@@H]1O. The molecule has 2 aliphatic carbocycles. The molecule has 4 rings (SSSR count). The summed E-state index contributed by atoms with van der Waals surface area (Å²) in [6.45, 7) is 5.62. The van der Waals surface area contributed by atoms with Crippen LogP contribution in [0.25, 0.3) is 0 Å². The van der Waals surface area contributed by atoms with E-state index in [4.69, 9.17) is 9.78 Å². The minimum Gasteiger partial charge on any atom is -0.396 e. The lowest BCUT2D eigenvalue weighted by Crippen LogP contribution is -2.53. The molecule has 2 heterocycles. The Morgan fingerprint density at radius 3 is 2.55 bits per heavy atom. The molecule has 0 aromatic rings. The average Bonchev–Trinajstić information content (AvgIpc) is 2.66. The minimum atomic E-state index is -1.04. The average molecular weight is 284 g/mol. The van der Waals surface area contributed by atoms with Gasteiger partial charge in [-0.25, -0.2) is 9.78 Å². The molecule has 3 N–H and O–H groups in total. The molecule has 2 fully saturated rings. The molecule has 114 valence electrons. The van der Waals surface area contributed by atoms with Gasteiger partial charge in [0.05, 0.1) is 12.2 Å². The molecule has 0 unspecified atom stereocenters. The lowest BCUT2D eigenvalue weighted by molar-refractivity contribution is -0.414. The van der Waals surface area contributed by atoms with Crippen LogP contribution in [0.1, 0.15) is 27.2 Å². The predicted molar refractivity (Wildman–Crippen MR) is 71.5 cm³/mol. The molecule has 0 spiro atoms. The lowest BCUT2D eigenvalue weighted by atomic mass is 9.73. The standard InChI is InChI=1S/C15H24O5/c1-8(7-16)15-5-4-14(3,19-20-15)10-6-11(17)9(2)12(10)13(15)18/h4-5,8-13,16-18H,6-7H2,1-3H3/t8-,9-,10-,11-,12+,13+,14-,15-/m0/s1. The molecule has 2 aliphatic heterocycles. The quantitative estimate of drug-likeness (QED) is 0.512. The van der Waals surface area contributed by atoms with Crippen molar-refractivity contribution in [1.29, 1.82) is 0 Å². The smallest absolute Gasteiger partial charge is 0.152 e. The van der Waals surface area contributed by atoms with E-state index in [1.54, 1.807) is 0 Å². The lowest BCUT2D eigenvalue weighted by Gasteiger charge is -2.41. The van der Waals surface area contributed by atoms with Crippen molar-refractivity contribution in [3.8, 4) is 0 Å². The van der Waals surface area contributed by atoms with Gasteiger partial charge in [-0.1, -0.05) is 19.9 Å². The predicted octanol–water partition coefficient (Wildman–Crippen LogP) is 0.638. The van der Waals surface area contributed by atoms with Crippen LogP contribution in [-0.4, -0.2) is 45.3 Å². The van der Waals surface area contributed by atoms with Crippen LogP contribution in [0.4, 0.5) is 0 Å². The van der Waals surface area contributed by atoms with E-state index in [2.05, 4.69) is 0 Å². The number of aliphatic hydroxyl groups excluding tert-OH is 3. The summed E-state index contributed by atoms with van der Waals surface area (Å²) < 4.78 is 0. The molecule has 8 atom stereocenters. The Balaban J connectivity index is 2.08. The van der Waals surface area contributed by atoms with Crippen LogP contribution in [-0.2, 0) is 9.78 Å². The third-order valence-corrected chi connectivity index (χ3v) is 5.82. The summed E-state index contributed by atoms with van der Waals surface area (Å²) in [6.07, 6.45) is 3.13. The highest BCUT2D eigenvalue weighted by molar-refractivity contribution is 5.24. The van der Waals surface area contributed by atoms with E-state index < -0.39 is 23.4 Å². The Morgan fingerprint density at radius 2 is 2.00 bits per heavy atom. The fraction of sp³-hybridized carbons (Fsp3) is 0.867.